The van der Waals surface area contributed by atoms with E-state index in [0.29, 0.717) is 17.7 Å². The molecule has 0 radical (unpaired) electrons. The van der Waals surface area contributed by atoms with Crippen LogP contribution >= 0.6 is 11.8 Å². The summed E-state index contributed by atoms with van der Waals surface area (Å²) >= 11 is 1.38. The fourth-order valence-electron chi connectivity index (χ4n) is 3.72. The standard InChI is InChI=1S/C29H32F2N2O2S/c1-3-21(2)32-29(35)27(17-22-9-5-4-6-10-22)33(18-24-11-7-8-12-26(24)31)28(34)20-36-19-23-13-15-25(30)16-14-23/h4-16,21,27H,3,17-20H2,1-2H3,(H,32,35)/t21-,27+/m1/s1. The Hall–Kier alpha value is -3.19. The number of halogens is 2. The van der Waals surface area contributed by atoms with Crippen molar-refractivity contribution < 1.29 is 18.4 Å². The summed E-state index contributed by atoms with van der Waals surface area (Å²) in [5.41, 5.74) is 2.15. The summed E-state index contributed by atoms with van der Waals surface area (Å²) in [4.78, 5) is 28.4. The minimum absolute atomic E-state index is 0.0198. The number of hydrogen-bond acceptors (Lipinski definition) is 3. The second-order valence-corrected chi connectivity index (χ2v) is 9.74. The number of hydrogen-bond donors (Lipinski definition) is 1. The van der Waals surface area contributed by atoms with Crippen molar-refractivity contribution in [3.63, 3.8) is 0 Å². The van der Waals surface area contributed by atoms with Crippen molar-refractivity contribution in [3.05, 3.63) is 107 Å². The molecule has 0 heterocycles. The van der Waals surface area contributed by atoms with Gasteiger partial charge in [0.2, 0.25) is 11.8 Å². The summed E-state index contributed by atoms with van der Waals surface area (Å²) in [6.45, 7) is 3.87. The van der Waals surface area contributed by atoms with E-state index in [9.17, 15) is 18.4 Å². The molecule has 2 amide bonds. The van der Waals surface area contributed by atoms with Gasteiger partial charge in [0.15, 0.2) is 0 Å². The van der Waals surface area contributed by atoms with Crippen molar-refractivity contribution in [3.8, 4) is 0 Å². The molecule has 0 aliphatic carbocycles. The summed E-state index contributed by atoms with van der Waals surface area (Å²) in [6, 6.07) is 21.1. The second-order valence-electron chi connectivity index (χ2n) is 8.76. The first kappa shape index (κ1) is 27.4. The van der Waals surface area contributed by atoms with Crippen LogP contribution in [0.3, 0.4) is 0 Å². The zero-order chi connectivity index (χ0) is 25.9. The molecular formula is C29H32F2N2O2S. The van der Waals surface area contributed by atoms with Crippen molar-refractivity contribution in [2.24, 2.45) is 0 Å². The molecule has 0 fully saturated rings. The third-order valence-corrected chi connectivity index (χ3v) is 6.97. The molecule has 0 unspecified atom stereocenters. The molecule has 0 spiro atoms. The van der Waals surface area contributed by atoms with E-state index in [4.69, 9.17) is 0 Å². The lowest BCUT2D eigenvalue weighted by Gasteiger charge is -2.32. The zero-order valence-corrected chi connectivity index (χ0v) is 21.4. The van der Waals surface area contributed by atoms with Crippen LogP contribution in [0.2, 0.25) is 0 Å². The average Bonchev–Trinajstić information content (AvgIpc) is 2.88. The number of carbonyl (C=O) groups excluding carboxylic acids is 2. The van der Waals surface area contributed by atoms with Gasteiger partial charge in [-0.2, -0.15) is 0 Å². The van der Waals surface area contributed by atoms with Gasteiger partial charge in [-0.1, -0.05) is 67.6 Å². The van der Waals surface area contributed by atoms with Gasteiger partial charge >= 0.3 is 0 Å². The maximum Gasteiger partial charge on any atom is 0.243 e. The van der Waals surface area contributed by atoms with Crippen LogP contribution in [0.25, 0.3) is 0 Å². The van der Waals surface area contributed by atoms with Gasteiger partial charge in [-0.3, -0.25) is 9.59 Å². The Kier molecular flexibility index (Phi) is 10.5. The number of nitrogens with one attached hydrogen (secondary N) is 1. The molecule has 1 N–H and O–H groups in total. The lowest BCUT2D eigenvalue weighted by molar-refractivity contribution is -0.139. The molecule has 36 heavy (non-hydrogen) atoms. The molecule has 3 aromatic rings. The highest BCUT2D eigenvalue weighted by Crippen LogP contribution is 2.20. The Morgan fingerprint density at radius 2 is 1.58 bits per heavy atom. The Morgan fingerprint density at radius 1 is 0.917 bits per heavy atom. The van der Waals surface area contributed by atoms with Gasteiger partial charge in [0.1, 0.15) is 17.7 Å². The Bertz CT molecular complexity index is 1130. The van der Waals surface area contributed by atoms with Crippen LogP contribution in [-0.4, -0.2) is 34.6 Å². The van der Waals surface area contributed by atoms with E-state index >= 15 is 0 Å². The maximum atomic E-state index is 14.6. The smallest absolute Gasteiger partial charge is 0.243 e. The van der Waals surface area contributed by atoms with Crippen LogP contribution in [-0.2, 0) is 28.3 Å². The molecule has 7 heteroatoms. The molecule has 0 saturated carbocycles. The highest BCUT2D eigenvalue weighted by molar-refractivity contribution is 7.99. The monoisotopic (exact) mass is 510 g/mol. The third kappa shape index (κ3) is 8.19. The van der Waals surface area contributed by atoms with Gasteiger partial charge < -0.3 is 10.2 Å². The van der Waals surface area contributed by atoms with E-state index in [-0.39, 0.29) is 36.0 Å². The molecule has 0 bridgehead atoms. The highest BCUT2D eigenvalue weighted by Gasteiger charge is 2.31. The van der Waals surface area contributed by atoms with Gasteiger partial charge in [-0.15, -0.1) is 11.8 Å². The number of nitrogens with zero attached hydrogens (tertiary/aromatic N) is 1. The zero-order valence-electron chi connectivity index (χ0n) is 20.6. The molecule has 0 aliphatic heterocycles. The van der Waals surface area contributed by atoms with E-state index in [1.54, 1.807) is 30.3 Å². The van der Waals surface area contributed by atoms with Gasteiger partial charge in [0, 0.05) is 30.3 Å². The predicted molar refractivity (Wildman–Crippen MR) is 141 cm³/mol. The topological polar surface area (TPSA) is 49.4 Å². The number of amides is 2. The van der Waals surface area contributed by atoms with E-state index in [0.717, 1.165) is 17.5 Å². The number of thioether (sulfide) groups is 1. The normalized spacial score (nSPS) is 12.6. The second kappa shape index (κ2) is 13.8. The predicted octanol–water partition coefficient (Wildman–Crippen LogP) is 5.75. The highest BCUT2D eigenvalue weighted by atomic mass is 32.2. The number of benzene rings is 3. The first-order chi connectivity index (χ1) is 17.4. The fourth-order valence-corrected chi connectivity index (χ4v) is 4.60. The van der Waals surface area contributed by atoms with Crippen LogP contribution in [0.4, 0.5) is 8.78 Å². The van der Waals surface area contributed by atoms with Crippen molar-refractivity contribution in [1.82, 2.24) is 10.2 Å². The average molecular weight is 511 g/mol. The summed E-state index contributed by atoms with van der Waals surface area (Å²) in [5.74, 6) is -0.635. The largest absolute Gasteiger partial charge is 0.352 e. The molecule has 4 nitrogen and oxygen atoms in total. The number of carbonyl (C=O) groups is 2. The molecule has 2 atom stereocenters. The first-order valence-corrected chi connectivity index (χ1v) is 13.2. The Labute approximate surface area is 216 Å². The van der Waals surface area contributed by atoms with Crippen LogP contribution in [0, 0.1) is 11.6 Å². The number of rotatable bonds is 12. The van der Waals surface area contributed by atoms with Gasteiger partial charge in [-0.05, 0) is 42.7 Å². The van der Waals surface area contributed by atoms with E-state index in [1.165, 1.54) is 34.9 Å². The van der Waals surface area contributed by atoms with Gasteiger partial charge in [0.25, 0.3) is 0 Å². The molecule has 3 aromatic carbocycles. The van der Waals surface area contributed by atoms with Crippen molar-refractivity contribution in [2.45, 2.75) is 51.1 Å². The van der Waals surface area contributed by atoms with Crippen LogP contribution in [0.15, 0.2) is 78.9 Å². The molecule has 0 aliphatic rings. The van der Waals surface area contributed by atoms with Crippen molar-refractivity contribution in [1.29, 1.82) is 0 Å². The summed E-state index contributed by atoms with van der Waals surface area (Å²) in [7, 11) is 0. The van der Waals surface area contributed by atoms with Gasteiger partial charge in [0.05, 0.1) is 5.75 Å². The summed E-state index contributed by atoms with van der Waals surface area (Å²) < 4.78 is 27.8. The molecule has 190 valence electrons. The SMILES string of the molecule is CC[C@@H](C)NC(=O)[C@H](Cc1ccccc1)N(Cc1ccccc1F)C(=O)CSCc1ccc(F)cc1. The minimum atomic E-state index is -0.806. The van der Waals surface area contributed by atoms with E-state index in [2.05, 4.69) is 5.32 Å². The quantitative estimate of drug-likeness (QED) is 0.337. The molecule has 0 saturated heterocycles. The van der Waals surface area contributed by atoms with Crippen LogP contribution in [0.5, 0.6) is 0 Å². The van der Waals surface area contributed by atoms with E-state index in [1.807, 2.05) is 44.2 Å². The third-order valence-electron chi connectivity index (χ3n) is 5.98. The molecular weight excluding hydrogens is 478 g/mol. The Balaban J connectivity index is 1.86. The van der Waals surface area contributed by atoms with Crippen LogP contribution < -0.4 is 5.32 Å². The van der Waals surface area contributed by atoms with Crippen molar-refractivity contribution >= 4 is 23.6 Å². The summed E-state index contributed by atoms with van der Waals surface area (Å²) in [5, 5.41) is 3.00. The first-order valence-electron chi connectivity index (χ1n) is 12.1. The van der Waals surface area contributed by atoms with Gasteiger partial charge in [-0.25, -0.2) is 8.78 Å². The van der Waals surface area contributed by atoms with E-state index < -0.39 is 11.9 Å². The lowest BCUT2D eigenvalue weighted by Crippen LogP contribution is -2.52. The van der Waals surface area contributed by atoms with Crippen LogP contribution in [0.1, 0.15) is 37.0 Å². The Morgan fingerprint density at radius 3 is 2.25 bits per heavy atom. The maximum absolute atomic E-state index is 14.6. The molecule has 3 rings (SSSR count). The fraction of sp³-hybridized carbons (Fsp3) is 0.310. The van der Waals surface area contributed by atoms with Crippen molar-refractivity contribution in [2.75, 3.05) is 5.75 Å². The summed E-state index contributed by atoms with van der Waals surface area (Å²) in [6.07, 6.45) is 1.06. The minimum Gasteiger partial charge on any atom is -0.352 e. The molecule has 0 aromatic heterocycles. The lowest BCUT2D eigenvalue weighted by atomic mass is 10.0.